The van der Waals surface area contributed by atoms with Gasteiger partial charge in [0.15, 0.2) is 0 Å². The molecule has 164 valence electrons. The van der Waals surface area contributed by atoms with Crippen LogP contribution < -0.4 is 10.6 Å². The fraction of sp³-hybridized carbons (Fsp3) is 0.650. The third kappa shape index (κ3) is 4.29. The van der Waals surface area contributed by atoms with Gasteiger partial charge in [0.2, 0.25) is 15.9 Å². The van der Waals surface area contributed by atoms with E-state index in [2.05, 4.69) is 19.9 Å². The number of hydrogen-bond donors (Lipinski definition) is 2. The fourth-order valence-corrected chi connectivity index (χ4v) is 6.80. The minimum absolute atomic E-state index is 0.145. The van der Waals surface area contributed by atoms with E-state index in [1.807, 2.05) is 19.3 Å². The molecule has 3 heterocycles. The lowest BCUT2D eigenvalue weighted by molar-refractivity contribution is -0.122. The van der Waals surface area contributed by atoms with Crippen molar-refractivity contribution in [3.8, 4) is 0 Å². The molecule has 9 nitrogen and oxygen atoms in total. The number of nitrogens with two attached hydrogens (primary N) is 1. The van der Waals surface area contributed by atoms with Gasteiger partial charge in [-0.25, -0.2) is 22.7 Å². The Bertz CT molecular complexity index is 999. The fourth-order valence-electron chi connectivity index (χ4n) is 4.84. The number of anilines is 1. The average molecular weight is 435 g/mol. The van der Waals surface area contributed by atoms with Crippen LogP contribution in [0.2, 0.25) is 0 Å². The summed E-state index contributed by atoms with van der Waals surface area (Å²) in [5, 5.41) is 0.999. The highest BCUT2D eigenvalue weighted by Gasteiger charge is 2.34. The number of aromatic nitrogens is 3. The van der Waals surface area contributed by atoms with Crippen molar-refractivity contribution >= 4 is 32.8 Å². The normalized spacial score (nSPS) is 26.0. The zero-order valence-corrected chi connectivity index (χ0v) is 18.1. The topological polar surface area (TPSA) is 125 Å². The van der Waals surface area contributed by atoms with Crippen LogP contribution in [0.1, 0.15) is 38.5 Å². The smallest absolute Gasteiger partial charge is 0.221 e. The molecule has 10 heteroatoms. The Hall–Kier alpha value is -2.20. The summed E-state index contributed by atoms with van der Waals surface area (Å²) < 4.78 is 27.3. The van der Waals surface area contributed by atoms with E-state index < -0.39 is 15.9 Å². The van der Waals surface area contributed by atoms with E-state index in [1.54, 1.807) is 6.33 Å². The van der Waals surface area contributed by atoms with Crippen LogP contribution in [0.4, 0.5) is 5.82 Å². The van der Waals surface area contributed by atoms with E-state index in [1.165, 1.54) is 4.31 Å². The Morgan fingerprint density at radius 3 is 2.77 bits per heavy atom. The zero-order valence-electron chi connectivity index (χ0n) is 17.3. The number of fused-ring (bicyclic) bond motifs is 1. The summed E-state index contributed by atoms with van der Waals surface area (Å²) in [6.45, 7) is 0.723. The van der Waals surface area contributed by atoms with Gasteiger partial charge >= 0.3 is 0 Å². The maximum atomic E-state index is 12.9. The molecule has 1 unspecified atom stereocenters. The molecule has 2 fully saturated rings. The predicted molar refractivity (Wildman–Crippen MR) is 115 cm³/mol. The Morgan fingerprint density at radius 1 is 1.27 bits per heavy atom. The summed E-state index contributed by atoms with van der Waals surface area (Å²) >= 11 is 0. The summed E-state index contributed by atoms with van der Waals surface area (Å²) in [4.78, 5) is 25.5. The van der Waals surface area contributed by atoms with E-state index in [0.717, 1.165) is 42.5 Å². The highest BCUT2D eigenvalue weighted by atomic mass is 32.2. The lowest BCUT2D eigenvalue weighted by atomic mass is 9.86. The van der Waals surface area contributed by atoms with Gasteiger partial charge in [-0.05, 0) is 50.5 Å². The number of primary amides is 1. The Balaban J connectivity index is 1.35. The van der Waals surface area contributed by atoms with Crippen molar-refractivity contribution in [3.05, 3.63) is 18.6 Å². The molecule has 0 radical (unpaired) electrons. The molecule has 0 spiro atoms. The maximum Gasteiger partial charge on any atom is 0.221 e. The van der Waals surface area contributed by atoms with Crippen molar-refractivity contribution in [3.63, 3.8) is 0 Å². The lowest BCUT2D eigenvalue weighted by Crippen LogP contribution is -2.46. The van der Waals surface area contributed by atoms with Crippen molar-refractivity contribution in [1.29, 1.82) is 0 Å². The van der Waals surface area contributed by atoms with Crippen LogP contribution in [-0.2, 0) is 14.8 Å². The second-order valence-corrected chi connectivity index (χ2v) is 10.6. The van der Waals surface area contributed by atoms with Gasteiger partial charge in [0, 0.05) is 32.4 Å². The molecule has 1 aliphatic carbocycles. The molecule has 30 heavy (non-hydrogen) atoms. The highest BCUT2D eigenvalue weighted by molar-refractivity contribution is 7.89. The number of rotatable bonds is 6. The van der Waals surface area contributed by atoms with Crippen molar-refractivity contribution in [1.82, 2.24) is 19.3 Å². The Kier molecular flexibility index (Phi) is 5.97. The van der Waals surface area contributed by atoms with Gasteiger partial charge in [-0.1, -0.05) is 0 Å². The van der Waals surface area contributed by atoms with Gasteiger partial charge in [-0.2, -0.15) is 0 Å². The number of carbonyl (C=O) groups excluding carboxylic acids is 1. The van der Waals surface area contributed by atoms with Gasteiger partial charge in [0.25, 0.3) is 0 Å². The molecule has 2 aliphatic rings. The van der Waals surface area contributed by atoms with E-state index in [9.17, 15) is 13.2 Å². The van der Waals surface area contributed by atoms with Crippen molar-refractivity contribution < 1.29 is 13.2 Å². The van der Waals surface area contributed by atoms with Crippen LogP contribution in [0, 0.1) is 11.8 Å². The van der Waals surface area contributed by atoms with Crippen LogP contribution >= 0.6 is 0 Å². The summed E-state index contributed by atoms with van der Waals surface area (Å²) in [5.74, 6) is 0.440. The number of amides is 1. The summed E-state index contributed by atoms with van der Waals surface area (Å²) in [5.41, 5.74) is 6.22. The molecule has 0 aromatic carbocycles. The second-order valence-electron chi connectivity index (χ2n) is 8.60. The van der Waals surface area contributed by atoms with Crippen LogP contribution in [0.15, 0.2) is 18.6 Å². The van der Waals surface area contributed by atoms with E-state index in [-0.39, 0.29) is 24.1 Å². The van der Waals surface area contributed by atoms with E-state index >= 15 is 0 Å². The molecule has 4 rings (SSSR count). The molecular formula is C20H30N6O3S. The van der Waals surface area contributed by atoms with E-state index in [4.69, 9.17) is 5.73 Å². The van der Waals surface area contributed by atoms with Crippen molar-refractivity contribution in [2.75, 3.05) is 30.8 Å². The molecule has 2 aromatic rings. The van der Waals surface area contributed by atoms with Crippen LogP contribution in [-0.4, -0.2) is 65.5 Å². The monoisotopic (exact) mass is 434 g/mol. The quantitative estimate of drug-likeness (QED) is 0.709. The van der Waals surface area contributed by atoms with Crippen LogP contribution in [0.3, 0.4) is 0 Å². The van der Waals surface area contributed by atoms with Gasteiger partial charge in [0.05, 0.1) is 17.1 Å². The molecule has 3 N–H and O–H groups in total. The minimum atomic E-state index is -3.37. The molecule has 1 atom stereocenters. The number of piperidine rings is 1. The first-order chi connectivity index (χ1) is 14.3. The molecular weight excluding hydrogens is 404 g/mol. The molecule has 0 bridgehead atoms. The first-order valence-electron chi connectivity index (χ1n) is 10.6. The Labute approximate surface area is 177 Å². The molecule has 1 saturated carbocycles. The third-order valence-electron chi connectivity index (χ3n) is 6.66. The largest absolute Gasteiger partial charge is 0.369 e. The maximum absolute atomic E-state index is 12.9. The Morgan fingerprint density at radius 2 is 2.03 bits per heavy atom. The molecule has 2 aromatic heterocycles. The summed E-state index contributed by atoms with van der Waals surface area (Å²) in [6, 6.07) is 2.31. The standard InChI is InChI=1S/C20H30N6O3S/c1-25(20-17-8-9-22-19(17)23-13-24-20)16-6-4-14(5-7-16)12-30(28,29)26-10-2-3-15(11-26)18(21)27/h8-9,13-16H,2-7,10-12H2,1H3,(H2,21,27)(H,22,23,24)/t14-,15?,16-. The number of aromatic amines is 1. The second kappa shape index (κ2) is 8.50. The zero-order chi connectivity index (χ0) is 21.3. The number of sulfonamides is 1. The highest BCUT2D eigenvalue weighted by Crippen LogP contribution is 2.33. The molecule has 1 saturated heterocycles. The SMILES string of the molecule is CN(c1ncnc2[nH]ccc12)[C@H]1CC[C@H](CS(=O)(=O)N2CCCC(C(N)=O)C2)CC1. The van der Waals surface area contributed by atoms with Crippen LogP contribution in [0.25, 0.3) is 11.0 Å². The number of H-pyrrole nitrogens is 1. The van der Waals surface area contributed by atoms with Gasteiger partial charge in [-0.3, -0.25) is 4.79 Å². The number of hydrogen-bond acceptors (Lipinski definition) is 6. The van der Waals surface area contributed by atoms with Crippen LogP contribution in [0.5, 0.6) is 0 Å². The van der Waals surface area contributed by atoms with Gasteiger partial charge < -0.3 is 15.6 Å². The number of nitrogens with zero attached hydrogens (tertiary/aromatic N) is 4. The van der Waals surface area contributed by atoms with Crippen molar-refractivity contribution in [2.45, 2.75) is 44.6 Å². The van der Waals surface area contributed by atoms with Gasteiger partial charge in [0.1, 0.15) is 17.8 Å². The number of nitrogens with one attached hydrogen (secondary N) is 1. The third-order valence-corrected chi connectivity index (χ3v) is 8.67. The summed E-state index contributed by atoms with van der Waals surface area (Å²) in [7, 11) is -1.32. The minimum Gasteiger partial charge on any atom is -0.369 e. The summed E-state index contributed by atoms with van der Waals surface area (Å²) in [6.07, 6.45) is 8.38. The van der Waals surface area contributed by atoms with Gasteiger partial charge in [-0.15, -0.1) is 0 Å². The number of carbonyl (C=O) groups is 1. The molecule has 1 amide bonds. The predicted octanol–water partition coefficient (Wildman–Crippen LogP) is 1.48. The lowest BCUT2D eigenvalue weighted by Gasteiger charge is -2.36. The first kappa shape index (κ1) is 21.0. The average Bonchev–Trinajstić information content (AvgIpc) is 3.22. The van der Waals surface area contributed by atoms with E-state index in [0.29, 0.717) is 25.4 Å². The molecule has 1 aliphatic heterocycles. The first-order valence-corrected chi connectivity index (χ1v) is 12.2. The van der Waals surface area contributed by atoms with Crippen molar-refractivity contribution in [2.24, 2.45) is 17.6 Å².